The van der Waals surface area contributed by atoms with Crippen molar-refractivity contribution in [3.63, 3.8) is 0 Å². The monoisotopic (exact) mass is 301 g/mol. The molecule has 1 aromatic heterocycles. The van der Waals surface area contributed by atoms with Crippen LogP contribution in [0.15, 0.2) is 48.8 Å². The van der Waals surface area contributed by atoms with E-state index in [1.165, 1.54) is 24.4 Å². The average Bonchev–Trinajstić information content (AvgIpc) is 2.48. The lowest BCUT2D eigenvalue weighted by molar-refractivity contribution is 0.0697. The van der Waals surface area contributed by atoms with Gasteiger partial charge in [0, 0.05) is 22.3 Å². The number of hydrogen-bond donors (Lipinski definition) is 1. The van der Waals surface area contributed by atoms with Crippen LogP contribution in [0.3, 0.4) is 0 Å². The van der Waals surface area contributed by atoms with Crippen molar-refractivity contribution in [3.05, 3.63) is 65.2 Å². The summed E-state index contributed by atoms with van der Waals surface area (Å²) in [5, 5.41) is 10.8. The van der Waals surface area contributed by atoms with E-state index in [9.17, 15) is 9.18 Å². The van der Waals surface area contributed by atoms with Crippen molar-refractivity contribution in [2.24, 2.45) is 0 Å². The van der Waals surface area contributed by atoms with Crippen LogP contribution in [-0.2, 0) is 0 Å². The molecule has 3 nitrogen and oxygen atoms in total. The summed E-state index contributed by atoms with van der Waals surface area (Å²) in [6, 6.07) is 9.64. The summed E-state index contributed by atoms with van der Waals surface area (Å²) >= 11 is 6.21. The fourth-order valence-corrected chi connectivity index (χ4v) is 2.54. The standard InChI is InChI=1S/C16H9ClFNO2/c17-13-4-3-9-1-2-10(16(20)21)7-12(9)15(13)11-5-6-19-8-14(11)18/h1-8H,(H,20,21). The lowest BCUT2D eigenvalue weighted by Crippen LogP contribution is -1.96. The van der Waals surface area contributed by atoms with Crippen LogP contribution in [-0.4, -0.2) is 16.1 Å². The molecule has 3 aromatic rings. The summed E-state index contributed by atoms with van der Waals surface area (Å²) in [5.41, 5.74) is 0.890. The van der Waals surface area contributed by atoms with Gasteiger partial charge in [0.2, 0.25) is 0 Å². The number of pyridine rings is 1. The van der Waals surface area contributed by atoms with E-state index in [1.54, 1.807) is 18.2 Å². The first-order valence-electron chi connectivity index (χ1n) is 6.13. The minimum absolute atomic E-state index is 0.125. The number of carboxylic acid groups (broad SMARTS) is 1. The second-order valence-electron chi connectivity index (χ2n) is 4.52. The molecular weight excluding hydrogens is 293 g/mol. The zero-order valence-corrected chi connectivity index (χ0v) is 11.4. The van der Waals surface area contributed by atoms with Crippen molar-refractivity contribution in [2.75, 3.05) is 0 Å². The Morgan fingerprint density at radius 3 is 2.67 bits per heavy atom. The second kappa shape index (κ2) is 5.14. The molecular formula is C16H9ClFNO2. The molecule has 1 heterocycles. The van der Waals surface area contributed by atoms with Gasteiger partial charge in [-0.2, -0.15) is 0 Å². The van der Waals surface area contributed by atoms with Gasteiger partial charge in [-0.25, -0.2) is 9.18 Å². The zero-order valence-electron chi connectivity index (χ0n) is 10.7. The Hall–Kier alpha value is -2.46. The van der Waals surface area contributed by atoms with E-state index < -0.39 is 11.8 Å². The minimum Gasteiger partial charge on any atom is -0.478 e. The van der Waals surface area contributed by atoms with Gasteiger partial charge in [-0.1, -0.05) is 23.7 Å². The number of benzene rings is 2. The predicted molar refractivity (Wildman–Crippen MR) is 79.1 cm³/mol. The average molecular weight is 302 g/mol. The Bertz CT molecular complexity index is 864. The topological polar surface area (TPSA) is 50.2 Å². The number of halogens is 2. The smallest absolute Gasteiger partial charge is 0.335 e. The molecule has 21 heavy (non-hydrogen) atoms. The van der Waals surface area contributed by atoms with Gasteiger partial charge in [-0.15, -0.1) is 0 Å². The molecule has 2 aromatic carbocycles. The van der Waals surface area contributed by atoms with E-state index in [0.29, 0.717) is 21.5 Å². The normalized spacial score (nSPS) is 10.8. The molecule has 3 rings (SSSR count). The van der Waals surface area contributed by atoms with Crippen LogP contribution in [0.5, 0.6) is 0 Å². The second-order valence-corrected chi connectivity index (χ2v) is 4.93. The summed E-state index contributed by atoms with van der Waals surface area (Å²) in [5.74, 6) is -1.55. The first-order valence-corrected chi connectivity index (χ1v) is 6.51. The summed E-state index contributed by atoms with van der Waals surface area (Å²) in [6.07, 6.45) is 2.57. The van der Waals surface area contributed by atoms with Crippen molar-refractivity contribution >= 4 is 28.3 Å². The number of carboxylic acids is 1. The molecule has 5 heteroatoms. The number of aromatic carboxylic acids is 1. The molecule has 0 saturated carbocycles. The van der Waals surface area contributed by atoms with E-state index in [2.05, 4.69) is 4.98 Å². The van der Waals surface area contributed by atoms with Crippen molar-refractivity contribution in [2.45, 2.75) is 0 Å². The van der Waals surface area contributed by atoms with Crippen LogP contribution in [0.1, 0.15) is 10.4 Å². The largest absolute Gasteiger partial charge is 0.478 e. The van der Waals surface area contributed by atoms with E-state index in [4.69, 9.17) is 16.7 Å². The molecule has 104 valence electrons. The maximum absolute atomic E-state index is 14.0. The molecule has 0 atom stereocenters. The predicted octanol–water partition coefficient (Wildman–Crippen LogP) is 4.39. The van der Waals surface area contributed by atoms with Crippen LogP contribution in [0.2, 0.25) is 5.02 Å². The van der Waals surface area contributed by atoms with E-state index in [-0.39, 0.29) is 5.56 Å². The van der Waals surface area contributed by atoms with Gasteiger partial charge < -0.3 is 5.11 Å². The Morgan fingerprint density at radius 2 is 1.95 bits per heavy atom. The first kappa shape index (κ1) is 13.5. The molecule has 1 N–H and O–H groups in total. The molecule has 0 aliphatic heterocycles. The maximum Gasteiger partial charge on any atom is 0.335 e. The number of rotatable bonds is 2. The van der Waals surface area contributed by atoms with Gasteiger partial charge in [0.05, 0.1) is 11.8 Å². The van der Waals surface area contributed by atoms with Crippen molar-refractivity contribution in [3.8, 4) is 11.1 Å². The highest BCUT2D eigenvalue weighted by molar-refractivity contribution is 6.35. The molecule has 0 aliphatic rings. The first-order chi connectivity index (χ1) is 10.1. The van der Waals surface area contributed by atoms with Crippen LogP contribution in [0.4, 0.5) is 4.39 Å². The lowest BCUT2D eigenvalue weighted by atomic mass is 9.97. The van der Waals surface area contributed by atoms with Gasteiger partial charge in [-0.05, 0) is 35.0 Å². The Balaban J connectivity index is 2.40. The van der Waals surface area contributed by atoms with Crippen molar-refractivity contribution < 1.29 is 14.3 Å². The van der Waals surface area contributed by atoms with Gasteiger partial charge >= 0.3 is 5.97 Å². The molecule has 0 saturated heterocycles. The fourth-order valence-electron chi connectivity index (χ4n) is 2.28. The Morgan fingerprint density at radius 1 is 1.19 bits per heavy atom. The molecule has 0 bridgehead atoms. The van der Waals surface area contributed by atoms with E-state index in [1.807, 2.05) is 0 Å². The third kappa shape index (κ3) is 2.34. The number of carbonyl (C=O) groups is 1. The number of aromatic nitrogens is 1. The fraction of sp³-hybridized carbons (Fsp3) is 0. The van der Waals surface area contributed by atoms with E-state index in [0.717, 1.165) is 11.6 Å². The molecule has 0 radical (unpaired) electrons. The zero-order chi connectivity index (χ0) is 15.0. The molecule has 0 aliphatic carbocycles. The lowest BCUT2D eigenvalue weighted by Gasteiger charge is -2.11. The van der Waals surface area contributed by atoms with Gasteiger partial charge in [-0.3, -0.25) is 4.98 Å². The Labute approximate surface area is 124 Å². The van der Waals surface area contributed by atoms with Crippen molar-refractivity contribution in [1.82, 2.24) is 4.98 Å². The third-order valence-corrected chi connectivity index (χ3v) is 3.57. The van der Waals surface area contributed by atoms with Crippen LogP contribution in [0, 0.1) is 5.82 Å². The maximum atomic E-state index is 14.0. The summed E-state index contributed by atoms with van der Waals surface area (Å²) < 4.78 is 14.0. The highest BCUT2D eigenvalue weighted by Gasteiger charge is 2.14. The minimum atomic E-state index is -1.04. The number of nitrogens with zero attached hydrogens (tertiary/aromatic N) is 1. The van der Waals surface area contributed by atoms with Crippen molar-refractivity contribution in [1.29, 1.82) is 0 Å². The quantitative estimate of drug-likeness (QED) is 0.763. The summed E-state index contributed by atoms with van der Waals surface area (Å²) in [7, 11) is 0. The summed E-state index contributed by atoms with van der Waals surface area (Å²) in [6.45, 7) is 0. The van der Waals surface area contributed by atoms with Gasteiger partial charge in [0.15, 0.2) is 0 Å². The highest BCUT2D eigenvalue weighted by atomic mass is 35.5. The van der Waals surface area contributed by atoms with Crippen LogP contribution < -0.4 is 0 Å². The highest BCUT2D eigenvalue weighted by Crippen LogP contribution is 2.36. The molecule has 0 amide bonds. The van der Waals surface area contributed by atoms with Gasteiger partial charge in [0.25, 0.3) is 0 Å². The van der Waals surface area contributed by atoms with Crippen LogP contribution in [0.25, 0.3) is 21.9 Å². The summed E-state index contributed by atoms with van der Waals surface area (Å²) in [4.78, 5) is 14.8. The molecule has 0 fully saturated rings. The number of fused-ring (bicyclic) bond motifs is 1. The third-order valence-electron chi connectivity index (χ3n) is 3.26. The molecule has 0 spiro atoms. The Kier molecular flexibility index (Phi) is 3.31. The number of hydrogen-bond acceptors (Lipinski definition) is 2. The van der Waals surface area contributed by atoms with Crippen LogP contribution >= 0.6 is 11.6 Å². The molecule has 0 unspecified atom stereocenters. The SMILES string of the molecule is O=C(O)c1ccc2ccc(Cl)c(-c3ccncc3F)c2c1. The van der Waals surface area contributed by atoms with E-state index >= 15 is 0 Å². The van der Waals surface area contributed by atoms with Gasteiger partial charge in [0.1, 0.15) is 5.82 Å².